The summed E-state index contributed by atoms with van der Waals surface area (Å²) in [5, 5.41) is 9.77. The second-order valence-electron chi connectivity index (χ2n) is 3.60. The zero-order valence-corrected chi connectivity index (χ0v) is 9.59. The Morgan fingerprint density at radius 1 is 1.21 bits per heavy atom. The van der Waals surface area contributed by atoms with Gasteiger partial charge in [0.1, 0.15) is 0 Å². The fraction of sp³-hybridized carbons (Fsp3) is 0.0769. The summed E-state index contributed by atoms with van der Waals surface area (Å²) in [6.45, 7) is -3.07. The van der Waals surface area contributed by atoms with Gasteiger partial charge in [0.05, 0.1) is 5.56 Å². The Hall–Kier alpha value is -2.50. The predicted octanol–water partition coefficient (Wildman–Crippen LogP) is 2.62. The van der Waals surface area contributed by atoms with E-state index >= 15 is 0 Å². The molecule has 98 valence electrons. The highest BCUT2D eigenvalue weighted by Crippen LogP contribution is 2.32. The molecule has 0 aliphatic heterocycles. The van der Waals surface area contributed by atoms with Gasteiger partial charge in [-0.2, -0.15) is 8.78 Å². The molecule has 0 radical (unpaired) electrons. The Morgan fingerprint density at radius 2 is 1.89 bits per heavy atom. The van der Waals surface area contributed by atoms with Crippen LogP contribution in [0.15, 0.2) is 42.7 Å². The van der Waals surface area contributed by atoms with Gasteiger partial charge < -0.3 is 9.84 Å². The van der Waals surface area contributed by atoms with Crippen LogP contribution < -0.4 is 4.74 Å². The zero-order valence-electron chi connectivity index (χ0n) is 9.59. The van der Waals surface area contributed by atoms with Crippen molar-refractivity contribution in [2.45, 2.75) is 6.61 Å². The van der Waals surface area contributed by atoms with Gasteiger partial charge in [0.25, 0.3) is 0 Å². The number of nitrogens with zero attached hydrogens (tertiary/aromatic N) is 1. The maximum atomic E-state index is 12.1. The molecule has 1 heterocycles. The molecule has 0 saturated heterocycles. The van der Waals surface area contributed by atoms with Crippen LogP contribution in [0.4, 0.5) is 8.78 Å². The van der Waals surface area contributed by atoms with Gasteiger partial charge in [0.15, 0.2) is 17.3 Å². The Labute approximate surface area is 107 Å². The molecule has 1 N–H and O–H groups in total. The number of alkyl halides is 2. The van der Waals surface area contributed by atoms with Crippen molar-refractivity contribution >= 4 is 5.78 Å². The molecule has 0 atom stereocenters. The van der Waals surface area contributed by atoms with Crippen LogP contribution in [0.3, 0.4) is 0 Å². The van der Waals surface area contributed by atoms with E-state index in [1.54, 1.807) is 0 Å². The fourth-order valence-electron chi connectivity index (χ4n) is 1.56. The minimum absolute atomic E-state index is 0.107. The number of halogens is 2. The van der Waals surface area contributed by atoms with Gasteiger partial charge in [-0.15, -0.1) is 0 Å². The van der Waals surface area contributed by atoms with Crippen LogP contribution in [0.1, 0.15) is 15.9 Å². The number of phenolic OH excluding ortho intramolecular Hbond substituents is 1. The van der Waals surface area contributed by atoms with Crippen molar-refractivity contribution in [1.82, 2.24) is 4.98 Å². The number of hydrogen-bond donors (Lipinski definition) is 1. The largest absolute Gasteiger partial charge is 0.504 e. The molecule has 0 unspecified atom stereocenters. The molecular formula is C13H9F2NO3. The van der Waals surface area contributed by atoms with E-state index in [9.17, 15) is 18.7 Å². The molecule has 19 heavy (non-hydrogen) atoms. The molecule has 0 bridgehead atoms. The third kappa shape index (κ3) is 2.85. The molecule has 0 saturated carbocycles. The third-order valence-corrected chi connectivity index (χ3v) is 2.40. The van der Waals surface area contributed by atoms with Crippen LogP contribution in [0, 0.1) is 0 Å². The average molecular weight is 265 g/mol. The number of benzene rings is 1. The van der Waals surface area contributed by atoms with E-state index in [0.717, 1.165) is 6.07 Å². The van der Waals surface area contributed by atoms with E-state index < -0.39 is 23.9 Å². The van der Waals surface area contributed by atoms with Crippen molar-refractivity contribution in [3.05, 3.63) is 53.9 Å². The smallest absolute Gasteiger partial charge is 0.387 e. The number of carbonyl (C=O) groups is 1. The van der Waals surface area contributed by atoms with Gasteiger partial charge in [0.2, 0.25) is 0 Å². The van der Waals surface area contributed by atoms with Crippen LogP contribution in [-0.4, -0.2) is 22.5 Å². The number of ether oxygens (including phenoxy) is 1. The number of para-hydroxylation sites is 1. The third-order valence-electron chi connectivity index (χ3n) is 2.40. The van der Waals surface area contributed by atoms with Gasteiger partial charge >= 0.3 is 6.61 Å². The summed E-state index contributed by atoms with van der Waals surface area (Å²) in [6.07, 6.45) is 2.84. The minimum Gasteiger partial charge on any atom is -0.504 e. The maximum Gasteiger partial charge on any atom is 0.387 e. The van der Waals surface area contributed by atoms with E-state index in [1.165, 1.54) is 36.7 Å². The van der Waals surface area contributed by atoms with Crippen molar-refractivity contribution in [2.75, 3.05) is 0 Å². The van der Waals surface area contributed by atoms with Crippen LogP contribution in [0.2, 0.25) is 0 Å². The Kier molecular flexibility index (Phi) is 3.70. The molecule has 1 aromatic carbocycles. The van der Waals surface area contributed by atoms with Gasteiger partial charge in [-0.3, -0.25) is 9.78 Å². The first-order valence-corrected chi connectivity index (χ1v) is 5.31. The maximum absolute atomic E-state index is 12.1. The lowest BCUT2D eigenvalue weighted by atomic mass is 10.0. The van der Waals surface area contributed by atoms with Crippen LogP contribution in [0.5, 0.6) is 11.5 Å². The second-order valence-corrected chi connectivity index (χ2v) is 3.60. The van der Waals surface area contributed by atoms with Gasteiger partial charge in [-0.05, 0) is 24.3 Å². The number of aromatic hydroxyl groups is 1. The van der Waals surface area contributed by atoms with Crippen LogP contribution in [0.25, 0.3) is 0 Å². The summed E-state index contributed by atoms with van der Waals surface area (Å²) < 4.78 is 28.4. The monoisotopic (exact) mass is 265 g/mol. The first kappa shape index (κ1) is 12.9. The molecule has 0 spiro atoms. The highest BCUT2D eigenvalue weighted by atomic mass is 19.3. The molecule has 0 aliphatic rings. The molecule has 6 heteroatoms. The van der Waals surface area contributed by atoms with Gasteiger partial charge in [0, 0.05) is 18.0 Å². The van der Waals surface area contributed by atoms with Crippen LogP contribution >= 0.6 is 0 Å². The summed E-state index contributed by atoms with van der Waals surface area (Å²) in [4.78, 5) is 15.8. The van der Waals surface area contributed by atoms with E-state index in [4.69, 9.17) is 0 Å². The zero-order chi connectivity index (χ0) is 13.8. The summed E-state index contributed by atoms with van der Waals surface area (Å²) in [6, 6.07) is 6.76. The minimum atomic E-state index is -3.07. The average Bonchev–Trinajstić information content (AvgIpc) is 2.41. The summed E-state index contributed by atoms with van der Waals surface area (Å²) in [7, 11) is 0. The second kappa shape index (κ2) is 5.43. The highest BCUT2D eigenvalue weighted by Gasteiger charge is 2.18. The Bertz CT molecular complexity index is 588. The number of carbonyl (C=O) groups excluding carboxylic acids is 1. The molecule has 2 aromatic rings. The first-order valence-electron chi connectivity index (χ1n) is 5.31. The molecule has 2 rings (SSSR count). The van der Waals surface area contributed by atoms with E-state index in [0.29, 0.717) is 5.56 Å². The number of aromatic nitrogens is 1. The fourth-order valence-corrected chi connectivity index (χ4v) is 1.56. The van der Waals surface area contributed by atoms with Crippen molar-refractivity contribution in [2.24, 2.45) is 0 Å². The van der Waals surface area contributed by atoms with E-state index in [2.05, 4.69) is 9.72 Å². The summed E-state index contributed by atoms with van der Waals surface area (Å²) >= 11 is 0. The van der Waals surface area contributed by atoms with Crippen molar-refractivity contribution in [1.29, 1.82) is 0 Å². The Morgan fingerprint density at radius 3 is 2.53 bits per heavy atom. The van der Waals surface area contributed by atoms with E-state index in [-0.39, 0.29) is 5.56 Å². The molecule has 0 amide bonds. The quantitative estimate of drug-likeness (QED) is 0.863. The normalized spacial score (nSPS) is 10.5. The lowest BCUT2D eigenvalue weighted by Crippen LogP contribution is -2.06. The van der Waals surface area contributed by atoms with Gasteiger partial charge in [-0.1, -0.05) is 6.07 Å². The number of rotatable bonds is 4. The summed E-state index contributed by atoms with van der Waals surface area (Å²) in [5.41, 5.74) is 0.184. The van der Waals surface area contributed by atoms with Crippen molar-refractivity contribution < 1.29 is 23.4 Å². The van der Waals surface area contributed by atoms with E-state index in [1.807, 2.05) is 0 Å². The number of phenols is 1. The van der Waals surface area contributed by atoms with Crippen LogP contribution in [-0.2, 0) is 0 Å². The number of ketones is 1. The molecule has 0 fully saturated rings. The van der Waals surface area contributed by atoms with Gasteiger partial charge in [-0.25, -0.2) is 0 Å². The lowest BCUT2D eigenvalue weighted by molar-refractivity contribution is -0.0513. The number of hydrogen-bond acceptors (Lipinski definition) is 4. The molecule has 0 aliphatic carbocycles. The highest BCUT2D eigenvalue weighted by molar-refractivity contribution is 6.10. The Balaban J connectivity index is 2.38. The topological polar surface area (TPSA) is 59.4 Å². The number of pyridine rings is 1. The lowest BCUT2D eigenvalue weighted by Gasteiger charge is -2.09. The molecular weight excluding hydrogens is 256 g/mol. The van der Waals surface area contributed by atoms with Crippen molar-refractivity contribution in [3.63, 3.8) is 0 Å². The summed E-state index contributed by atoms with van der Waals surface area (Å²) in [5.74, 6) is -1.54. The standard InChI is InChI=1S/C13H9F2NO3/c14-13(15)19-10-3-1-2-9(12(10)18)11(17)8-4-6-16-7-5-8/h1-7,13,18H. The molecule has 4 nitrogen and oxygen atoms in total. The first-order chi connectivity index (χ1) is 9.09. The molecule has 1 aromatic heterocycles. The SMILES string of the molecule is O=C(c1ccncc1)c1cccc(OC(F)F)c1O. The van der Waals surface area contributed by atoms with Crippen molar-refractivity contribution in [3.8, 4) is 11.5 Å². The predicted molar refractivity (Wildman–Crippen MR) is 62.4 cm³/mol.